The molecule has 1 fully saturated rings. The van der Waals surface area contributed by atoms with E-state index in [1.54, 1.807) is 6.20 Å². The first-order valence-electron chi connectivity index (χ1n) is 7.02. The number of amides is 1. The van der Waals surface area contributed by atoms with Crippen molar-refractivity contribution in [3.8, 4) is 0 Å². The van der Waals surface area contributed by atoms with Gasteiger partial charge in [-0.25, -0.2) is 0 Å². The van der Waals surface area contributed by atoms with Gasteiger partial charge in [0.05, 0.1) is 11.6 Å². The number of aromatic nitrogens is 1. The molecule has 1 atom stereocenters. The van der Waals surface area contributed by atoms with Crippen LogP contribution < -0.4 is 5.32 Å². The lowest BCUT2D eigenvalue weighted by molar-refractivity contribution is -0.138. The van der Waals surface area contributed by atoms with E-state index in [1.807, 2.05) is 37.9 Å². The molecule has 4 nitrogen and oxygen atoms in total. The minimum atomic E-state index is -0.500. The molecule has 1 aromatic rings. The average Bonchev–Trinajstić information content (AvgIpc) is 2.87. The zero-order chi connectivity index (χ0) is 13.9. The first-order chi connectivity index (χ1) is 9.06. The van der Waals surface area contributed by atoms with Gasteiger partial charge in [-0.3, -0.25) is 9.78 Å². The molecular weight excluding hydrogens is 238 g/mol. The summed E-state index contributed by atoms with van der Waals surface area (Å²) in [7, 11) is 0. The third kappa shape index (κ3) is 2.95. The highest BCUT2D eigenvalue weighted by Gasteiger charge is 2.37. The topological polar surface area (TPSA) is 45.2 Å². The van der Waals surface area contributed by atoms with E-state index in [9.17, 15) is 4.79 Å². The summed E-state index contributed by atoms with van der Waals surface area (Å²) in [6.07, 6.45) is 5.73. The summed E-state index contributed by atoms with van der Waals surface area (Å²) < 4.78 is 0. The fraction of sp³-hybridized carbons (Fsp3) is 0.600. The Balaban J connectivity index is 2.17. The van der Waals surface area contributed by atoms with Gasteiger partial charge in [-0.05, 0) is 44.9 Å². The van der Waals surface area contributed by atoms with Crippen LogP contribution in [0.4, 0.5) is 0 Å². The lowest BCUT2D eigenvalue weighted by atomic mass is 10.0. The number of carbonyl (C=O) groups is 1. The molecule has 0 aromatic carbocycles. The predicted octanol–water partition coefficient (Wildman–Crippen LogP) is 2.13. The largest absolute Gasteiger partial charge is 0.334 e. The van der Waals surface area contributed by atoms with Crippen molar-refractivity contribution in [2.45, 2.75) is 45.2 Å². The highest BCUT2D eigenvalue weighted by atomic mass is 16.2. The quantitative estimate of drug-likeness (QED) is 0.903. The number of likely N-dealkylation sites (tertiary alicyclic amines) is 1. The van der Waals surface area contributed by atoms with Gasteiger partial charge < -0.3 is 10.2 Å². The summed E-state index contributed by atoms with van der Waals surface area (Å²) in [5.74, 6) is 0.181. The third-order valence-corrected chi connectivity index (χ3v) is 3.74. The first-order valence-corrected chi connectivity index (χ1v) is 7.02. The van der Waals surface area contributed by atoms with Crippen LogP contribution in [-0.2, 0) is 4.79 Å². The van der Waals surface area contributed by atoms with Crippen molar-refractivity contribution in [2.75, 3.05) is 13.1 Å². The molecule has 2 heterocycles. The number of rotatable bonds is 4. The second kappa shape index (κ2) is 5.70. The Hall–Kier alpha value is -1.42. The lowest BCUT2D eigenvalue weighted by Crippen LogP contribution is -2.53. The van der Waals surface area contributed by atoms with Gasteiger partial charge in [-0.15, -0.1) is 0 Å². The van der Waals surface area contributed by atoms with E-state index in [-0.39, 0.29) is 11.9 Å². The molecule has 0 radical (unpaired) electrons. The number of carbonyl (C=O) groups excluding carboxylic acids is 1. The summed E-state index contributed by atoms with van der Waals surface area (Å²) in [5.41, 5.74) is 0.639. The van der Waals surface area contributed by atoms with E-state index in [1.165, 1.54) is 0 Å². The van der Waals surface area contributed by atoms with Crippen molar-refractivity contribution >= 4 is 5.91 Å². The Kier molecular flexibility index (Phi) is 4.20. The highest BCUT2D eigenvalue weighted by Crippen LogP contribution is 2.33. The molecule has 1 aliphatic heterocycles. The Morgan fingerprint density at radius 1 is 1.58 bits per heavy atom. The van der Waals surface area contributed by atoms with Gasteiger partial charge in [-0.1, -0.05) is 13.0 Å². The second-order valence-electron chi connectivity index (χ2n) is 5.60. The van der Waals surface area contributed by atoms with Crippen molar-refractivity contribution < 1.29 is 4.79 Å². The molecule has 0 spiro atoms. The van der Waals surface area contributed by atoms with E-state index in [0.29, 0.717) is 0 Å². The van der Waals surface area contributed by atoms with Gasteiger partial charge in [0.15, 0.2) is 0 Å². The normalized spacial score (nSPS) is 19.7. The summed E-state index contributed by atoms with van der Waals surface area (Å²) in [5, 5.41) is 3.26. The molecule has 4 heteroatoms. The number of likely N-dealkylation sites (N-methyl/N-ethyl adjacent to an activating group) is 1. The predicted molar refractivity (Wildman–Crippen MR) is 75.7 cm³/mol. The van der Waals surface area contributed by atoms with E-state index >= 15 is 0 Å². The van der Waals surface area contributed by atoms with E-state index in [4.69, 9.17) is 0 Å². The molecule has 0 bridgehead atoms. The van der Waals surface area contributed by atoms with Crippen LogP contribution in [0.5, 0.6) is 0 Å². The van der Waals surface area contributed by atoms with Gasteiger partial charge in [0.25, 0.3) is 0 Å². The molecule has 1 aliphatic rings. The van der Waals surface area contributed by atoms with Gasteiger partial charge >= 0.3 is 0 Å². The molecule has 0 aliphatic carbocycles. The maximum absolute atomic E-state index is 12.7. The van der Waals surface area contributed by atoms with Crippen molar-refractivity contribution in [2.24, 2.45) is 0 Å². The van der Waals surface area contributed by atoms with Crippen LogP contribution in [0.15, 0.2) is 24.5 Å². The Morgan fingerprint density at radius 3 is 3.00 bits per heavy atom. The van der Waals surface area contributed by atoms with Crippen LogP contribution in [0.1, 0.15) is 45.2 Å². The molecule has 0 saturated carbocycles. The van der Waals surface area contributed by atoms with E-state index < -0.39 is 5.54 Å². The zero-order valence-corrected chi connectivity index (χ0v) is 12.0. The monoisotopic (exact) mass is 261 g/mol. The summed E-state index contributed by atoms with van der Waals surface area (Å²) in [4.78, 5) is 18.9. The second-order valence-corrected chi connectivity index (χ2v) is 5.60. The number of hydrogen-bond acceptors (Lipinski definition) is 3. The lowest BCUT2D eigenvalue weighted by Gasteiger charge is -2.33. The highest BCUT2D eigenvalue weighted by molar-refractivity contribution is 5.86. The number of hydrogen-bond donors (Lipinski definition) is 1. The minimum Gasteiger partial charge on any atom is -0.334 e. The number of pyridine rings is 1. The molecule has 1 saturated heterocycles. The van der Waals surface area contributed by atoms with E-state index in [2.05, 4.69) is 16.4 Å². The van der Waals surface area contributed by atoms with Crippen LogP contribution in [0.3, 0.4) is 0 Å². The molecular formula is C15H23N3O. The molecule has 104 valence electrons. The molecule has 1 N–H and O–H groups in total. The molecule has 2 rings (SSSR count). The van der Waals surface area contributed by atoms with Crippen molar-refractivity contribution in [1.29, 1.82) is 0 Å². The smallest absolute Gasteiger partial charge is 0.242 e. The number of nitrogens with one attached hydrogen (secondary N) is 1. The minimum absolute atomic E-state index is 0.180. The summed E-state index contributed by atoms with van der Waals surface area (Å²) >= 11 is 0. The van der Waals surface area contributed by atoms with Gasteiger partial charge in [0.1, 0.15) is 0 Å². The van der Waals surface area contributed by atoms with Crippen LogP contribution in [-0.4, -0.2) is 34.4 Å². The SMILES string of the molecule is CCNC(C)(C)C(=O)N1CCCC1c1cccnc1. The molecule has 1 aromatic heterocycles. The van der Waals surface area contributed by atoms with Gasteiger partial charge in [0.2, 0.25) is 5.91 Å². The fourth-order valence-electron chi connectivity index (χ4n) is 2.81. The average molecular weight is 261 g/mol. The fourth-order valence-corrected chi connectivity index (χ4v) is 2.81. The number of nitrogens with zero attached hydrogens (tertiary/aromatic N) is 2. The van der Waals surface area contributed by atoms with Gasteiger partial charge in [0, 0.05) is 18.9 Å². The zero-order valence-electron chi connectivity index (χ0n) is 12.0. The summed E-state index contributed by atoms with van der Waals surface area (Å²) in [6, 6.07) is 4.18. The van der Waals surface area contributed by atoms with Crippen molar-refractivity contribution in [3.63, 3.8) is 0 Å². The van der Waals surface area contributed by atoms with E-state index in [0.717, 1.165) is 31.5 Å². The summed E-state index contributed by atoms with van der Waals surface area (Å²) in [6.45, 7) is 7.57. The van der Waals surface area contributed by atoms with Crippen LogP contribution in [0.2, 0.25) is 0 Å². The molecule has 1 amide bonds. The van der Waals surface area contributed by atoms with Crippen LogP contribution >= 0.6 is 0 Å². The Bertz CT molecular complexity index is 430. The molecule has 1 unspecified atom stereocenters. The first kappa shape index (κ1) is 14.0. The molecule has 19 heavy (non-hydrogen) atoms. The van der Waals surface area contributed by atoms with Crippen LogP contribution in [0, 0.1) is 0 Å². The van der Waals surface area contributed by atoms with Gasteiger partial charge in [-0.2, -0.15) is 0 Å². The maximum atomic E-state index is 12.7. The van der Waals surface area contributed by atoms with Crippen LogP contribution in [0.25, 0.3) is 0 Å². The third-order valence-electron chi connectivity index (χ3n) is 3.74. The van der Waals surface area contributed by atoms with Crippen molar-refractivity contribution in [3.05, 3.63) is 30.1 Å². The van der Waals surface area contributed by atoms with Crippen molar-refractivity contribution in [1.82, 2.24) is 15.2 Å². The Labute approximate surface area is 115 Å². The standard InChI is InChI=1S/C15H23N3O/c1-4-17-15(2,3)14(19)18-10-6-8-13(18)12-7-5-9-16-11-12/h5,7,9,11,13,17H,4,6,8,10H2,1-3H3. The maximum Gasteiger partial charge on any atom is 0.242 e. The Morgan fingerprint density at radius 2 is 2.37 bits per heavy atom.